The van der Waals surface area contributed by atoms with Gasteiger partial charge in [0.05, 0.1) is 0 Å². The van der Waals surface area contributed by atoms with Gasteiger partial charge in [0.2, 0.25) is 0 Å². The summed E-state index contributed by atoms with van der Waals surface area (Å²) in [5.74, 6) is -0.688. The molecule has 7 heteroatoms. The Morgan fingerprint density at radius 2 is 1.31 bits per heavy atom. The first kappa shape index (κ1) is 28.3. The molecular weight excluding hydrogens is 361 g/mol. The molecule has 5 nitrogen and oxygen atoms in total. The van der Waals surface area contributed by atoms with Gasteiger partial charge in [-0.15, -0.1) is 0 Å². The molecular formula is C19H38NNaO4S. The van der Waals surface area contributed by atoms with Gasteiger partial charge < -0.3 is 4.18 Å². The Balaban J connectivity index is 0. The van der Waals surface area contributed by atoms with E-state index in [1.807, 2.05) is 4.72 Å². The average molecular weight is 400 g/mol. The van der Waals surface area contributed by atoms with Crippen molar-refractivity contribution in [2.24, 2.45) is 0 Å². The van der Waals surface area contributed by atoms with Gasteiger partial charge in [-0.25, -0.2) is 0 Å². The summed E-state index contributed by atoms with van der Waals surface area (Å²) in [6, 6.07) is 0. The summed E-state index contributed by atoms with van der Waals surface area (Å²) in [4.78, 5) is 11.3. The third-order valence-electron chi connectivity index (χ3n) is 4.10. The normalized spacial score (nSPS) is 11.5. The predicted molar refractivity (Wildman–Crippen MR) is 111 cm³/mol. The monoisotopic (exact) mass is 399 g/mol. The van der Waals surface area contributed by atoms with Crippen LogP contribution in [0.25, 0.3) is 0 Å². The number of carbonyl (C=O) groups is 1. The van der Waals surface area contributed by atoms with Crippen molar-refractivity contribution in [3.8, 4) is 0 Å². The van der Waals surface area contributed by atoms with Gasteiger partial charge >= 0.3 is 45.8 Å². The molecule has 0 unspecified atom stereocenters. The van der Waals surface area contributed by atoms with Crippen LogP contribution in [0.4, 0.5) is 0 Å². The molecule has 0 aromatic rings. The summed E-state index contributed by atoms with van der Waals surface area (Å²) in [5, 5.41) is 0. The van der Waals surface area contributed by atoms with E-state index in [1.165, 1.54) is 58.4 Å². The Hall–Kier alpha value is 0.120. The Bertz CT molecular complexity index is 452. The van der Waals surface area contributed by atoms with Crippen molar-refractivity contribution in [1.82, 2.24) is 4.72 Å². The van der Waals surface area contributed by atoms with Crippen molar-refractivity contribution in [1.29, 1.82) is 0 Å². The van der Waals surface area contributed by atoms with Crippen LogP contribution < -0.4 is 4.72 Å². The predicted octanol–water partition coefficient (Wildman–Crippen LogP) is 4.38. The standard InChI is InChI=1S/C19H37NO4S.Na.H/c1-3-4-5-6-7-8-9-10-11-12-13-14-15-16-17-18-19(21)24-25(22,23)20-2;;/h10-11,20H,3-9,12-18H2,1-2H3;;/b11-10-;;. The van der Waals surface area contributed by atoms with Crippen LogP contribution in [-0.2, 0) is 19.3 Å². The maximum atomic E-state index is 11.3. The maximum absolute atomic E-state index is 11.3. The molecule has 0 saturated carbocycles. The second kappa shape index (κ2) is 19.9. The number of hydrogen-bond acceptors (Lipinski definition) is 4. The van der Waals surface area contributed by atoms with Crippen molar-refractivity contribution in [2.45, 2.75) is 96.8 Å². The molecule has 0 bridgehead atoms. The van der Waals surface area contributed by atoms with Crippen molar-refractivity contribution < 1.29 is 17.4 Å². The van der Waals surface area contributed by atoms with Crippen LogP contribution in [0.1, 0.15) is 96.8 Å². The van der Waals surface area contributed by atoms with Crippen molar-refractivity contribution in [3.05, 3.63) is 12.2 Å². The molecule has 0 fully saturated rings. The van der Waals surface area contributed by atoms with E-state index in [2.05, 4.69) is 23.3 Å². The molecule has 0 aliphatic rings. The summed E-state index contributed by atoms with van der Waals surface area (Å²) >= 11 is 0. The van der Waals surface area contributed by atoms with Crippen LogP contribution in [0.15, 0.2) is 12.2 Å². The van der Waals surface area contributed by atoms with Crippen molar-refractivity contribution >= 4 is 45.8 Å². The van der Waals surface area contributed by atoms with Gasteiger partial charge in [-0.05, 0) is 32.1 Å². The van der Waals surface area contributed by atoms with E-state index in [4.69, 9.17) is 0 Å². The minimum absolute atomic E-state index is 0. The number of carbonyl (C=O) groups excluding carboxylic acids is 1. The average Bonchev–Trinajstić information content (AvgIpc) is 2.58. The van der Waals surface area contributed by atoms with Gasteiger partial charge in [0.1, 0.15) is 0 Å². The van der Waals surface area contributed by atoms with E-state index in [-0.39, 0.29) is 36.0 Å². The third kappa shape index (κ3) is 20.4. The fourth-order valence-corrected chi connectivity index (χ4v) is 2.96. The molecule has 26 heavy (non-hydrogen) atoms. The summed E-state index contributed by atoms with van der Waals surface area (Å²) in [7, 11) is -2.68. The fourth-order valence-electron chi connectivity index (χ4n) is 2.55. The Labute approximate surface area is 183 Å². The Morgan fingerprint density at radius 3 is 1.81 bits per heavy atom. The first-order valence-corrected chi connectivity index (χ1v) is 11.2. The van der Waals surface area contributed by atoms with Crippen LogP contribution in [-0.4, -0.2) is 51.0 Å². The zero-order chi connectivity index (χ0) is 18.8. The molecule has 0 spiro atoms. The summed E-state index contributed by atoms with van der Waals surface area (Å²) in [6.07, 6.45) is 20.1. The van der Waals surface area contributed by atoms with E-state index in [0.29, 0.717) is 6.42 Å². The second-order valence-electron chi connectivity index (χ2n) is 6.45. The first-order valence-electron chi connectivity index (χ1n) is 9.82. The summed E-state index contributed by atoms with van der Waals surface area (Å²) < 4.78 is 28.3. The van der Waals surface area contributed by atoms with Gasteiger partial charge in [0, 0.05) is 13.5 Å². The minimum atomic E-state index is -3.90. The molecule has 0 amide bonds. The molecule has 150 valence electrons. The van der Waals surface area contributed by atoms with Crippen molar-refractivity contribution in [2.75, 3.05) is 7.05 Å². The first-order chi connectivity index (χ1) is 12.0. The van der Waals surface area contributed by atoms with Crippen molar-refractivity contribution in [3.63, 3.8) is 0 Å². The number of nitrogens with one attached hydrogen (secondary N) is 1. The molecule has 0 aromatic carbocycles. The van der Waals surface area contributed by atoms with E-state index in [1.54, 1.807) is 0 Å². The second-order valence-corrected chi connectivity index (χ2v) is 7.93. The van der Waals surface area contributed by atoms with Crippen LogP contribution >= 0.6 is 0 Å². The number of allylic oxidation sites excluding steroid dienone is 2. The number of hydrogen-bond donors (Lipinski definition) is 1. The van der Waals surface area contributed by atoms with Gasteiger partial charge in [-0.1, -0.05) is 70.4 Å². The molecule has 0 radical (unpaired) electrons. The quantitative estimate of drug-likeness (QED) is 0.224. The number of unbranched alkanes of at least 4 members (excludes halogenated alkanes) is 11. The Morgan fingerprint density at radius 1 is 0.846 bits per heavy atom. The molecule has 0 atom stereocenters. The van der Waals surface area contributed by atoms with Gasteiger partial charge in [0.15, 0.2) is 0 Å². The Kier molecular flexibility index (Phi) is 21.7. The van der Waals surface area contributed by atoms with Gasteiger partial charge in [-0.2, -0.15) is 13.1 Å². The van der Waals surface area contributed by atoms with Crippen LogP contribution in [0.2, 0.25) is 0 Å². The fraction of sp³-hybridized carbons (Fsp3) is 0.842. The van der Waals surface area contributed by atoms with E-state index < -0.39 is 16.3 Å². The molecule has 0 aliphatic heterocycles. The zero-order valence-corrected chi connectivity index (χ0v) is 16.9. The summed E-state index contributed by atoms with van der Waals surface area (Å²) in [6.45, 7) is 2.24. The van der Waals surface area contributed by atoms with E-state index in [9.17, 15) is 13.2 Å². The van der Waals surface area contributed by atoms with Gasteiger partial charge in [0.25, 0.3) is 0 Å². The molecule has 0 rings (SSSR count). The summed E-state index contributed by atoms with van der Waals surface area (Å²) in [5.41, 5.74) is 0. The molecule has 0 aliphatic carbocycles. The molecule has 0 heterocycles. The topological polar surface area (TPSA) is 72.5 Å². The zero-order valence-electron chi connectivity index (χ0n) is 16.1. The molecule has 0 aromatic heterocycles. The number of rotatable bonds is 17. The van der Waals surface area contributed by atoms with Crippen LogP contribution in [0.3, 0.4) is 0 Å². The van der Waals surface area contributed by atoms with E-state index >= 15 is 0 Å². The molecule has 0 saturated heterocycles. The van der Waals surface area contributed by atoms with E-state index in [0.717, 1.165) is 25.7 Å². The van der Waals surface area contributed by atoms with Gasteiger partial charge in [-0.3, -0.25) is 4.79 Å². The molecule has 1 N–H and O–H groups in total. The van der Waals surface area contributed by atoms with Crippen LogP contribution in [0, 0.1) is 0 Å². The van der Waals surface area contributed by atoms with Crippen LogP contribution in [0.5, 0.6) is 0 Å². The SMILES string of the molecule is CCCCCCCC/C=C\CCCCCCCC(=O)OS(=O)(=O)NC.[NaH]. The third-order valence-corrected chi connectivity index (χ3v) is 5.00.